The van der Waals surface area contributed by atoms with Gasteiger partial charge >= 0.3 is 0 Å². The number of halogens is 1. The van der Waals surface area contributed by atoms with Gasteiger partial charge in [-0.2, -0.15) is 0 Å². The Morgan fingerprint density at radius 3 is 1.04 bits per heavy atom. The van der Waals surface area contributed by atoms with E-state index in [1.165, 1.54) is 24.0 Å². The number of benzene rings is 7. The molecule has 133 heavy (non-hydrogen) atoms. The molecule has 0 fully saturated rings. The minimum atomic E-state index is -3.37. The molecule has 2 atom stereocenters. The number of rotatable bonds is 25. The van der Waals surface area contributed by atoms with Crippen molar-refractivity contribution in [2.45, 2.75) is 169 Å². The van der Waals surface area contributed by atoms with E-state index in [0.29, 0.717) is 136 Å². The predicted octanol–water partition coefficient (Wildman–Crippen LogP) is 15.9. The zero-order valence-electron chi connectivity index (χ0n) is 75.3. The number of carbonyl (C=O) groups is 4. The number of aliphatic hydroxyl groups excluding tert-OH is 1. The topological polar surface area (TPSA) is 452 Å². The highest BCUT2D eigenvalue weighted by molar-refractivity contribution is 7.93. The molecule has 9 N–H and O–H groups in total. The van der Waals surface area contributed by atoms with Crippen LogP contribution < -0.4 is 21.3 Å². The largest absolute Gasteiger partial charge is 0.386 e. The zero-order valence-corrected chi connectivity index (χ0v) is 78.6. The maximum Gasteiger partial charge on any atom is 0.255 e. The van der Waals surface area contributed by atoms with Crippen LogP contribution in [0.4, 0.5) is 4.39 Å². The number of aromatic amines is 4. The van der Waals surface area contributed by atoms with Gasteiger partial charge in [-0.1, -0.05) is 120 Å². The van der Waals surface area contributed by atoms with E-state index in [2.05, 4.69) is 92.1 Å². The van der Waals surface area contributed by atoms with Crippen LogP contribution >= 0.6 is 0 Å². The number of H-pyrrole nitrogens is 4. The summed E-state index contributed by atoms with van der Waals surface area (Å²) < 4.78 is 113. The van der Waals surface area contributed by atoms with Gasteiger partial charge in [0.25, 0.3) is 23.6 Å². The van der Waals surface area contributed by atoms with Gasteiger partial charge in [-0.25, -0.2) is 77.9 Å². The monoisotopic (exact) mass is 1870 g/mol. The molecule has 9 heterocycles. The average Bonchev–Trinajstić information content (AvgIpc) is 1.77. The van der Waals surface area contributed by atoms with E-state index < -0.39 is 72.5 Å². The second-order valence-electron chi connectivity index (χ2n) is 33.0. The number of carbonyl (C=O) groups excluding carboxylic acids is 4. The van der Waals surface area contributed by atoms with Crippen LogP contribution in [-0.2, 0) is 59.0 Å². The molecule has 0 bridgehead atoms. The molecule has 0 radical (unpaired) electrons. The van der Waals surface area contributed by atoms with Gasteiger partial charge in [0.15, 0.2) is 61.9 Å². The van der Waals surface area contributed by atoms with E-state index in [-0.39, 0.29) is 55.6 Å². The van der Waals surface area contributed by atoms with Crippen LogP contribution in [0.5, 0.6) is 0 Å². The van der Waals surface area contributed by atoms with Crippen molar-refractivity contribution in [1.29, 1.82) is 0 Å². The number of hydrogen-bond donors (Lipinski definition) is 9. The number of fused-ring (bicyclic) bond motifs is 4. The molecule has 0 unspecified atom stereocenters. The Labute approximate surface area is 769 Å². The molecule has 16 aromatic rings. The fourth-order valence-electron chi connectivity index (χ4n) is 14.0. The Morgan fingerprint density at radius 2 is 0.699 bits per heavy atom. The van der Waals surface area contributed by atoms with Crippen LogP contribution in [0.15, 0.2) is 245 Å². The summed E-state index contributed by atoms with van der Waals surface area (Å²) in [4.78, 5) is 104. The number of pyridine rings is 1. The average molecular weight is 1870 g/mol. The number of aliphatic hydroxyl groups is 1. The first-order chi connectivity index (χ1) is 63.2. The highest BCUT2D eigenvalue weighted by Crippen LogP contribution is 2.32. The van der Waals surface area contributed by atoms with Crippen molar-refractivity contribution >= 4 is 108 Å². The van der Waals surface area contributed by atoms with Gasteiger partial charge in [-0.15, -0.1) is 0 Å². The fraction of sp³-hybridized carbons (Fsp3) is 0.235. The van der Waals surface area contributed by atoms with E-state index in [4.69, 9.17) is 0 Å². The van der Waals surface area contributed by atoms with Crippen molar-refractivity contribution in [2.24, 2.45) is 0 Å². The Balaban J connectivity index is 0.000000151. The minimum absolute atomic E-state index is 0.175. The van der Waals surface area contributed by atoms with Gasteiger partial charge in [0.1, 0.15) is 27.9 Å². The Kier molecular flexibility index (Phi) is 29.4. The molecule has 0 saturated heterocycles. The van der Waals surface area contributed by atoms with Gasteiger partial charge in [-0.3, -0.25) is 24.2 Å². The van der Waals surface area contributed by atoms with Crippen LogP contribution in [-0.4, -0.2) is 154 Å². The highest BCUT2D eigenvalue weighted by Gasteiger charge is 2.28. The molecule has 16 rings (SSSR count). The molecule has 0 saturated carbocycles. The van der Waals surface area contributed by atoms with Gasteiger partial charge in [-0.05, 0) is 191 Å². The molecular weight excluding hydrogens is 1770 g/mol. The van der Waals surface area contributed by atoms with Gasteiger partial charge in [0, 0.05) is 66.3 Å². The van der Waals surface area contributed by atoms with Crippen molar-refractivity contribution < 1.29 is 62.3 Å². The van der Waals surface area contributed by atoms with Crippen molar-refractivity contribution in [3.8, 4) is 45.0 Å². The van der Waals surface area contributed by atoms with Gasteiger partial charge in [0.05, 0.1) is 135 Å². The van der Waals surface area contributed by atoms with Crippen LogP contribution in [0.25, 0.3) is 89.7 Å². The molecule has 686 valence electrons. The van der Waals surface area contributed by atoms with E-state index in [1.807, 2.05) is 76.2 Å². The summed E-state index contributed by atoms with van der Waals surface area (Å²) in [6, 6.07) is 47.6. The molecule has 4 amide bonds. The molecule has 0 aliphatic rings. The highest BCUT2D eigenvalue weighted by atomic mass is 32.2. The third-order valence-corrected chi connectivity index (χ3v) is 31.1. The molecule has 7 aromatic carbocycles. The molecule has 0 aliphatic heterocycles. The van der Waals surface area contributed by atoms with Crippen molar-refractivity contribution in [3.05, 3.63) is 304 Å². The lowest BCUT2D eigenvalue weighted by Gasteiger charge is -2.20. The summed E-state index contributed by atoms with van der Waals surface area (Å²) >= 11 is 0. The summed E-state index contributed by atoms with van der Waals surface area (Å²) in [6.45, 7) is 25.4. The third kappa shape index (κ3) is 21.8. The summed E-state index contributed by atoms with van der Waals surface area (Å²) in [5, 5.41) is 20.1. The Morgan fingerprint density at radius 1 is 0.368 bits per heavy atom. The van der Waals surface area contributed by atoms with E-state index >= 15 is 0 Å². The predicted molar refractivity (Wildman–Crippen MR) is 509 cm³/mol. The second kappa shape index (κ2) is 40.6. The molecule has 9 aromatic heterocycles. The molecule has 0 aliphatic carbocycles. The first-order valence-electron chi connectivity index (χ1n) is 42.5. The first kappa shape index (κ1) is 96.3. The summed E-state index contributed by atoms with van der Waals surface area (Å²) in [7, 11) is -13.4. The maximum atomic E-state index is 13.8. The smallest absolute Gasteiger partial charge is 0.255 e. The third-order valence-electron chi connectivity index (χ3n) is 22.4. The van der Waals surface area contributed by atoms with Crippen LogP contribution in [0, 0.1) is 40.4 Å². The lowest BCUT2D eigenvalue weighted by Crippen LogP contribution is -2.37. The van der Waals surface area contributed by atoms with E-state index in [1.54, 1.807) is 222 Å². The maximum absolute atomic E-state index is 13.8. The molecule has 35 heteroatoms. The Bertz CT molecular complexity index is 7520. The van der Waals surface area contributed by atoms with Gasteiger partial charge < -0.3 is 46.3 Å². The van der Waals surface area contributed by atoms with Crippen LogP contribution in [0.3, 0.4) is 0 Å². The zero-order chi connectivity index (χ0) is 95.7. The summed E-state index contributed by atoms with van der Waals surface area (Å²) in [6.07, 6.45) is 13.4. The van der Waals surface area contributed by atoms with Gasteiger partial charge in [0.2, 0.25) is 0 Å². The van der Waals surface area contributed by atoms with Crippen LogP contribution in [0.1, 0.15) is 160 Å². The number of nitrogens with one attached hydrogen (secondary N) is 8. The standard InChI is InChI=1S/C26H28N4O4S.C25H26N4O3S.C24H23FN4O3S.C23H23N5O3S/c1-15(2)35(33,34)20-11-9-18(10-12-20)22-14-28-25-23(30-22)21(13-27-25)26(32)29-17(4)24(31)19-7-5-16(3)6-8-19;1-15(2)33(31,32)20-9-7-18(8-10-20)22-14-27-24-23(29-22)21(13-26-24)25(30)28-12-19-6-5-16(3)11-17(19)4;1-14(2)33(31,32)18-9-7-16(8-10-18)21-13-27-23-22(29-21)19(12-26-23)24(30)28-11-17-5-4-6-20(25)15(17)3;1-14(2)32(30,31)17-8-6-16(7-9-17)20-13-26-22-21(28-20)18(11-25-22)23(29)27-12-19-15(3)5-4-10-24-19/h5-15,17,24,31H,1-4H3,(H,27,28)(H,29,32);5-11,13-15H,12H2,1-4H3,(H,26,27)(H,28,30);4-10,12-14H,11H2,1-3H3,(H,26,27)(H,28,30);4-11,13-14H,12H2,1-3H3,(H,25,26)(H,27,29)/t17-,24-;;;/m0.../s1. The number of sulfone groups is 4. The molecular formula is C98H100FN17O13S4. The Hall–Kier alpha value is -14.3. The quantitative estimate of drug-likeness (QED) is 0.0257. The van der Waals surface area contributed by atoms with Crippen molar-refractivity contribution in [2.75, 3.05) is 0 Å². The normalized spacial score (nSPS) is 12.3. The number of nitrogens with zero attached hydrogens (tertiary/aromatic N) is 9. The van der Waals surface area contributed by atoms with Crippen molar-refractivity contribution in [1.82, 2.24) is 86.1 Å². The lowest BCUT2D eigenvalue weighted by molar-refractivity contribution is 0.0852. The van der Waals surface area contributed by atoms with Crippen LogP contribution in [0.2, 0.25) is 0 Å². The second-order valence-corrected chi connectivity index (χ2v) is 43.0. The number of aryl methyl sites for hydroxylation is 4. The lowest BCUT2D eigenvalue weighted by atomic mass is 10.0. The first-order valence-corrected chi connectivity index (χ1v) is 48.7. The summed E-state index contributed by atoms with van der Waals surface area (Å²) in [5.74, 6) is -1.61. The number of amides is 4. The van der Waals surface area contributed by atoms with E-state index in [0.717, 1.165) is 33.5 Å². The molecule has 0 spiro atoms. The summed E-state index contributed by atoms with van der Waals surface area (Å²) in [5.41, 5.74) is 18.0. The fourth-order valence-corrected chi connectivity index (χ4v) is 18.2. The van der Waals surface area contributed by atoms with E-state index in [9.17, 15) is 62.3 Å². The SMILES string of the molecule is Cc1c(F)cccc1CNC(=O)c1c[nH]c2ncc(-c3ccc(S(=O)(=O)C(C)C)cc3)nc12.Cc1ccc(CNC(=O)c2c[nH]c3ncc(-c4ccc(S(=O)(=O)C(C)C)cc4)nc23)c(C)c1.Cc1ccc([C@@H](O)[C@H](C)NC(=O)c2c[nH]c3ncc(-c4ccc(S(=O)(=O)C(C)C)cc4)nc23)cc1.Cc1cccnc1CNC(=O)c1c[nH]c2ncc(-c3ccc(S(=O)(=O)C(C)C)cc3)nc12. The number of hydrogen-bond acceptors (Lipinski definition) is 22. The molecule has 30 nitrogen and oxygen atoms in total. The minimum Gasteiger partial charge on any atom is -0.386 e. The van der Waals surface area contributed by atoms with Crippen molar-refractivity contribution in [3.63, 3.8) is 0 Å². The number of aromatic nitrogens is 13.